The summed E-state index contributed by atoms with van der Waals surface area (Å²) in [6, 6.07) is 5.13. The van der Waals surface area contributed by atoms with Crippen molar-refractivity contribution in [2.45, 2.75) is 19.3 Å². The molecule has 1 aliphatic rings. The molecular weight excluding hydrogens is 338 g/mol. The van der Waals surface area contributed by atoms with E-state index in [1.807, 2.05) is 0 Å². The molecule has 0 bridgehead atoms. The number of ether oxygens (including phenoxy) is 4. The van der Waals surface area contributed by atoms with Crippen LogP contribution in [-0.2, 0) is 11.8 Å². The Balaban J connectivity index is 2.28. The van der Waals surface area contributed by atoms with Crippen molar-refractivity contribution in [3.63, 3.8) is 0 Å². The fourth-order valence-electron chi connectivity index (χ4n) is 3.24. The molecule has 3 rings (SSSR count). The van der Waals surface area contributed by atoms with Crippen molar-refractivity contribution in [1.29, 1.82) is 0 Å². The van der Waals surface area contributed by atoms with Crippen molar-refractivity contribution in [2.75, 3.05) is 21.3 Å². The second kappa shape index (κ2) is 6.74. The van der Waals surface area contributed by atoms with Gasteiger partial charge < -0.3 is 23.5 Å². The van der Waals surface area contributed by atoms with Gasteiger partial charge in [-0.05, 0) is 13.0 Å². The van der Waals surface area contributed by atoms with E-state index in [0.717, 1.165) is 0 Å². The van der Waals surface area contributed by atoms with Gasteiger partial charge in [-0.15, -0.1) is 0 Å². The average Bonchev–Trinajstić information content (AvgIpc) is 2.64. The van der Waals surface area contributed by atoms with Crippen LogP contribution in [0.4, 0.5) is 0 Å². The number of hydrogen-bond donors (Lipinski definition) is 0. The molecule has 0 saturated heterocycles. The molecule has 0 N–H and O–H groups in total. The maximum atomic E-state index is 12.9. The topological polar surface area (TPSA) is 76.0 Å². The second-order valence-electron chi connectivity index (χ2n) is 6.11. The zero-order valence-corrected chi connectivity index (χ0v) is 15.4. The minimum absolute atomic E-state index is 0.0388. The smallest absolute Gasteiger partial charge is 0.312 e. The first-order chi connectivity index (χ1) is 12.4. The van der Waals surface area contributed by atoms with Gasteiger partial charge in [0.05, 0.1) is 33.3 Å². The highest BCUT2D eigenvalue weighted by Gasteiger charge is 2.34. The Labute approximate surface area is 151 Å². The average molecular weight is 359 g/mol. The highest BCUT2D eigenvalue weighted by molar-refractivity contribution is 5.78. The van der Waals surface area contributed by atoms with E-state index in [1.165, 1.54) is 25.9 Å². The number of carbonyl (C=O) groups excluding carboxylic acids is 1. The van der Waals surface area contributed by atoms with Gasteiger partial charge in [0.25, 0.3) is 5.56 Å². The number of nitrogens with zero attached hydrogens (tertiary/aromatic N) is 1. The van der Waals surface area contributed by atoms with E-state index in [9.17, 15) is 9.59 Å². The normalized spacial score (nSPS) is 15.9. The lowest BCUT2D eigenvalue weighted by atomic mass is 9.86. The first-order valence-corrected chi connectivity index (χ1v) is 8.12. The zero-order chi connectivity index (χ0) is 19.0. The predicted octanol–water partition coefficient (Wildman–Crippen LogP) is 2.16. The fourth-order valence-corrected chi connectivity index (χ4v) is 3.24. The zero-order valence-electron chi connectivity index (χ0n) is 15.4. The molecule has 1 aromatic carbocycles. The molecular formula is C19H21NO6. The molecule has 2 aromatic rings. The van der Waals surface area contributed by atoms with E-state index in [2.05, 4.69) is 0 Å². The van der Waals surface area contributed by atoms with Crippen molar-refractivity contribution < 1.29 is 23.7 Å². The van der Waals surface area contributed by atoms with Crippen LogP contribution in [0.5, 0.6) is 23.0 Å². The van der Waals surface area contributed by atoms with E-state index < -0.39 is 11.9 Å². The monoisotopic (exact) mass is 359 g/mol. The second-order valence-corrected chi connectivity index (χ2v) is 6.11. The summed E-state index contributed by atoms with van der Waals surface area (Å²) in [6.07, 6.45) is 0.0388. The Bertz CT molecular complexity index is 931. The maximum Gasteiger partial charge on any atom is 0.312 e. The number of aromatic nitrogens is 1. The quantitative estimate of drug-likeness (QED) is 0.779. The predicted molar refractivity (Wildman–Crippen MR) is 94.6 cm³/mol. The molecule has 0 unspecified atom stereocenters. The summed E-state index contributed by atoms with van der Waals surface area (Å²) in [5.74, 6) is 0.906. The van der Waals surface area contributed by atoms with Crippen LogP contribution in [0.2, 0.25) is 0 Å². The van der Waals surface area contributed by atoms with Gasteiger partial charge in [0.15, 0.2) is 11.5 Å². The number of methoxy groups -OCH3 is 3. The minimum Gasteiger partial charge on any atom is -0.496 e. The Morgan fingerprint density at radius 3 is 2.23 bits per heavy atom. The van der Waals surface area contributed by atoms with E-state index in [0.29, 0.717) is 39.8 Å². The number of fused-ring (bicyclic) bond motifs is 1. The van der Waals surface area contributed by atoms with Crippen molar-refractivity contribution in [2.24, 2.45) is 7.05 Å². The molecule has 138 valence electrons. The maximum absolute atomic E-state index is 12.9. The van der Waals surface area contributed by atoms with E-state index in [-0.39, 0.29) is 12.0 Å². The number of pyridine rings is 1. The molecule has 0 amide bonds. The lowest BCUT2D eigenvalue weighted by Crippen LogP contribution is -2.32. The number of benzene rings is 1. The number of aryl methyl sites for hydroxylation is 1. The SMILES string of the molecule is COc1cc(OC)c([C@@H]2CC(=O)Oc3cc(C)n(C)c(=O)c32)cc1OC. The Morgan fingerprint density at radius 1 is 1.00 bits per heavy atom. The van der Waals surface area contributed by atoms with Crippen LogP contribution in [0.15, 0.2) is 23.0 Å². The van der Waals surface area contributed by atoms with Crippen LogP contribution in [-0.4, -0.2) is 31.9 Å². The molecule has 26 heavy (non-hydrogen) atoms. The highest BCUT2D eigenvalue weighted by atomic mass is 16.5. The molecule has 0 radical (unpaired) electrons. The molecule has 0 aliphatic carbocycles. The third kappa shape index (κ3) is 2.79. The van der Waals surface area contributed by atoms with Crippen LogP contribution in [0.3, 0.4) is 0 Å². The Kier molecular flexibility index (Phi) is 4.63. The van der Waals surface area contributed by atoms with Gasteiger partial charge in [-0.25, -0.2) is 0 Å². The highest BCUT2D eigenvalue weighted by Crippen LogP contribution is 2.44. The summed E-state index contributed by atoms with van der Waals surface area (Å²) in [5.41, 5.74) is 1.61. The fraction of sp³-hybridized carbons (Fsp3) is 0.368. The van der Waals surface area contributed by atoms with Gasteiger partial charge in [0, 0.05) is 36.4 Å². The van der Waals surface area contributed by atoms with Gasteiger partial charge in [-0.3, -0.25) is 9.59 Å². The van der Waals surface area contributed by atoms with Crippen molar-refractivity contribution in [3.8, 4) is 23.0 Å². The Hall–Kier alpha value is -2.96. The summed E-state index contributed by atoms with van der Waals surface area (Å²) in [4.78, 5) is 25.0. The van der Waals surface area contributed by atoms with Gasteiger partial charge in [0.2, 0.25) is 0 Å². The van der Waals surface area contributed by atoms with E-state index >= 15 is 0 Å². The van der Waals surface area contributed by atoms with E-state index in [4.69, 9.17) is 18.9 Å². The van der Waals surface area contributed by atoms with Crippen LogP contribution in [0.1, 0.15) is 29.2 Å². The van der Waals surface area contributed by atoms with Gasteiger partial charge in [-0.1, -0.05) is 0 Å². The first kappa shape index (κ1) is 17.8. The molecule has 1 aromatic heterocycles. The van der Waals surface area contributed by atoms with Crippen LogP contribution in [0.25, 0.3) is 0 Å². The van der Waals surface area contributed by atoms with Crippen LogP contribution >= 0.6 is 0 Å². The van der Waals surface area contributed by atoms with Crippen LogP contribution in [0, 0.1) is 6.92 Å². The standard InChI is InChI=1S/C19H21NO6/c1-10-6-16-18(19(22)20(10)2)12(8-17(21)26-16)11-7-14(24-4)15(25-5)9-13(11)23-3/h6-7,9,12H,8H2,1-5H3/t12-/m0/s1. The van der Waals surface area contributed by atoms with Gasteiger partial charge >= 0.3 is 5.97 Å². The van der Waals surface area contributed by atoms with Gasteiger partial charge in [0.1, 0.15) is 11.5 Å². The summed E-state index contributed by atoms with van der Waals surface area (Å²) in [7, 11) is 6.28. The number of esters is 1. The third-order valence-electron chi connectivity index (χ3n) is 4.72. The first-order valence-electron chi connectivity index (χ1n) is 8.12. The molecule has 7 nitrogen and oxygen atoms in total. The minimum atomic E-state index is -0.500. The molecule has 1 aliphatic heterocycles. The molecule has 2 heterocycles. The third-order valence-corrected chi connectivity index (χ3v) is 4.72. The lowest BCUT2D eigenvalue weighted by Gasteiger charge is -2.27. The summed E-state index contributed by atoms with van der Waals surface area (Å²) >= 11 is 0. The molecule has 0 saturated carbocycles. The molecule has 0 spiro atoms. The van der Waals surface area contributed by atoms with Gasteiger partial charge in [-0.2, -0.15) is 0 Å². The number of rotatable bonds is 4. The molecule has 1 atom stereocenters. The van der Waals surface area contributed by atoms with Crippen molar-refractivity contribution in [1.82, 2.24) is 4.57 Å². The lowest BCUT2D eigenvalue weighted by molar-refractivity contribution is -0.135. The van der Waals surface area contributed by atoms with Crippen molar-refractivity contribution in [3.05, 3.63) is 45.4 Å². The Morgan fingerprint density at radius 2 is 1.62 bits per heavy atom. The largest absolute Gasteiger partial charge is 0.496 e. The van der Waals surface area contributed by atoms with Crippen molar-refractivity contribution >= 4 is 5.97 Å². The van der Waals surface area contributed by atoms with Crippen LogP contribution < -0.4 is 24.5 Å². The summed E-state index contributed by atoms with van der Waals surface area (Å²) in [6.45, 7) is 1.79. The molecule has 0 fully saturated rings. The number of carbonyl (C=O) groups is 1. The summed E-state index contributed by atoms with van der Waals surface area (Å²) < 4.78 is 23.0. The van der Waals surface area contributed by atoms with E-state index in [1.54, 1.807) is 32.2 Å². The molecule has 7 heteroatoms. The number of hydrogen-bond acceptors (Lipinski definition) is 6. The summed E-state index contributed by atoms with van der Waals surface area (Å²) in [5, 5.41) is 0.